The van der Waals surface area contributed by atoms with Crippen LogP contribution in [0.4, 0.5) is 5.82 Å². The fraction of sp³-hybridized carbons (Fsp3) is 0.417. The van der Waals surface area contributed by atoms with E-state index in [4.69, 9.17) is 0 Å². The van der Waals surface area contributed by atoms with Gasteiger partial charge >= 0.3 is 0 Å². The molecule has 0 amide bonds. The van der Waals surface area contributed by atoms with Gasteiger partial charge in [0.2, 0.25) is 0 Å². The van der Waals surface area contributed by atoms with Gasteiger partial charge in [-0.2, -0.15) is 0 Å². The van der Waals surface area contributed by atoms with Crippen LogP contribution in [-0.4, -0.2) is 46.5 Å². The Hall–Kier alpha value is -1.75. The van der Waals surface area contributed by atoms with Crippen molar-refractivity contribution in [2.75, 3.05) is 26.0 Å². The molecule has 5 heteroatoms. The first-order valence-electron chi connectivity index (χ1n) is 5.64. The van der Waals surface area contributed by atoms with Gasteiger partial charge in [0.15, 0.2) is 5.65 Å². The van der Waals surface area contributed by atoms with Gasteiger partial charge in [-0.05, 0) is 33.2 Å². The maximum Gasteiger partial charge on any atom is 0.180 e. The number of rotatable bonds is 4. The van der Waals surface area contributed by atoms with E-state index >= 15 is 0 Å². The summed E-state index contributed by atoms with van der Waals surface area (Å²) < 4.78 is 0. The largest absolute Gasteiger partial charge is 0.366 e. The number of nitrogens with zero attached hydrogens (tertiary/aromatic N) is 4. The fourth-order valence-corrected chi connectivity index (χ4v) is 1.78. The Bertz CT molecular complexity index is 497. The summed E-state index contributed by atoms with van der Waals surface area (Å²) in [7, 11) is 4.11. The van der Waals surface area contributed by atoms with E-state index in [9.17, 15) is 0 Å². The van der Waals surface area contributed by atoms with E-state index in [1.807, 2.05) is 12.1 Å². The van der Waals surface area contributed by atoms with Crippen LogP contribution in [0, 0.1) is 0 Å². The third-order valence-corrected chi connectivity index (χ3v) is 2.36. The van der Waals surface area contributed by atoms with Crippen molar-refractivity contribution in [3.05, 3.63) is 24.5 Å². The fourth-order valence-electron chi connectivity index (χ4n) is 1.78. The van der Waals surface area contributed by atoms with Gasteiger partial charge in [-0.3, -0.25) is 4.98 Å². The second-order valence-corrected chi connectivity index (χ2v) is 4.40. The van der Waals surface area contributed by atoms with Gasteiger partial charge in [-0.25, -0.2) is 9.97 Å². The van der Waals surface area contributed by atoms with E-state index < -0.39 is 0 Å². The molecule has 2 heterocycles. The maximum absolute atomic E-state index is 4.42. The molecule has 1 unspecified atom stereocenters. The average molecular weight is 231 g/mol. The van der Waals surface area contributed by atoms with Crippen molar-refractivity contribution in [3.63, 3.8) is 0 Å². The van der Waals surface area contributed by atoms with E-state index in [1.165, 1.54) is 0 Å². The van der Waals surface area contributed by atoms with Crippen molar-refractivity contribution >= 4 is 17.0 Å². The molecule has 0 saturated heterocycles. The summed E-state index contributed by atoms with van der Waals surface area (Å²) in [6.07, 6.45) is 3.33. The zero-order valence-electron chi connectivity index (χ0n) is 10.4. The van der Waals surface area contributed by atoms with Crippen molar-refractivity contribution in [1.29, 1.82) is 0 Å². The van der Waals surface area contributed by atoms with E-state index in [0.29, 0.717) is 11.7 Å². The highest BCUT2D eigenvalue weighted by Gasteiger charge is 2.05. The Morgan fingerprint density at radius 2 is 2.00 bits per heavy atom. The first kappa shape index (κ1) is 11.7. The summed E-state index contributed by atoms with van der Waals surface area (Å²) in [6, 6.07) is 4.20. The molecule has 0 bridgehead atoms. The Balaban J connectivity index is 2.14. The minimum atomic E-state index is 0.339. The first-order valence-corrected chi connectivity index (χ1v) is 5.64. The number of hydrogen-bond donors (Lipinski definition) is 1. The van der Waals surface area contributed by atoms with Crippen molar-refractivity contribution in [2.24, 2.45) is 0 Å². The summed E-state index contributed by atoms with van der Waals surface area (Å²) in [5.41, 5.74) is 1.49. The maximum atomic E-state index is 4.42. The number of likely N-dealkylation sites (N-methyl/N-ethyl adjacent to an activating group) is 1. The zero-order chi connectivity index (χ0) is 12.3. The Morgan fingerprint density at radius 3 is 2.76 bits per heavy atom. The number of aromatic nitrogens is 3. The topological polar surface area (TPSA) is 53.9 Å². The predicted molar refractivity (Wildman–Crippen MR) is 69.0 cm³/mol. The zero-order valence-corrected chi connectivity index (χ0v) is 10.4. The number of fused-ring (bicyclic) bond motifs is 1. The summed E-state index contributed by atoms with van der Waals surface area (Å²) in [5, 5.41) is 3.34. The lowest BCUT2D eigenvalue weighted by atomic mass is 10.3. The lowest BCUT2D eigenvalue weighted by molar-refractivity contribution is 0.392. The molecule has 0 aliphatic carbocycles. The van der Waals surface area contributed by atoms with Crippen LogP contribution in [0.1, 0.15) is 6.92 Å². The highest BCUT2D eigenvalue weighted by molar-refractivity contribution is 5.71. The molecule has 1 N–H and O–H groups in total. The molecule has 2 aromatic rings. The summed E-state index contributed by atoms with van der Waals surface area (Å²) in [6.45, 7) is 3.09. The van der Waals surface area contributed by atoms with Crippen molar-refractivity contribution in [1.82, 2.24) is 19.9 Å². The quantitative estimate of drug-likeness (QED) is 0.861. The molecule has 17 heavy (non-hydrogen) atoms. The minimum absolute atomic E-state index is 0.339. The average Bonchev–Trinajstić information content (AvgIpc) is 2.27. The second kappa shape index (κ2) is 5.05. The Kier molecular flexibility index (Phi) is 3.49. The van der Waals surface area contributed by atoms with Crippen LogP contribution in [0.5, 0.6) is 0 Å². The Labute approximate surface area is 101 Å². The third kappa shape index (κ3) is 3.10. The minimum Gasteiger partial charge on any atom is -0.366 e. The van der Waals surface area contributed by atoms with Crippen molar-refractivity contribution in [3.8, 4) is 0 Å². The smallest absolute Gasteiger partial charge is 0.180 e. The number of anilines is 1. The van der Waals surface area contributed by atoms with E-state index in [2.05, 4.69) is 46.2 Å². The lowest BCUT2D eigenvalue weighted by Crippen LogP contribution is -2.29. The van der Waals surface area contributed by atoms with Gasteiger partial charge in [0.05, 0.1) is 0 Å². The molecule has 0 fully saturated rings. The number of pyridine rings is 1. The van der Waals surface area contributed by atoms with Crippen LogP contribution >= 0.6 is 0 Å². The van der Waals surface area contributed by atoms with Gasteiger partial charge in [0.25, 0.3) is 0 Å². The number of nitrogens with one attached hydrogen (secondary N) is 1. The molecule has 0 aliphatic rings. The molecule has 0 aromatic carbocycles. The van der Waals surface area contributed by atoms with Crippen LogP contribution < -0.4 is 5.32 Å². The third-order valence-electron chi connectivity index (χ3n) is 2.36. The highest BCUT2D eigenvalue weighted by Crippen LogP contribution is 2.11. The molecule has 90 valence electrons. The van der Waals surface area contributed by atoms with Gasteiger partial charge < -0.3 is 10.2 Å². The predicted octanol–water partition coefficient (Wildman–Crippen LogP) is 1.39. The van der Waals surface area contributed by atoms with Gasteiger partial charge in [-0.1, -0.05) is 0 Å². The Morgan fingerprint density at radius 1 is 1.24 bits per heavy atom. The van der Waals surface area contributed by atoms with Gasteiger partial charge in [-0.15, -0.1) is 0 Å². The van der Waals surface area contributed by atoms with Crippen LogP contribution in [0.15, 0.2) is 24.5 Å². The van der Waals surface area contributed by atoms with E-state index in [0.717, 1.165) is 17.9 Å². The molecule has 2 rings (SSSR count). The number of hydrogen-bond acceptors (Lipinski definition) is 5. The lowest BCUT2D eigenvalue weighted by Gasteiger charge is -2.18. The standard InChI is InChI=1S/C12H17N5/c1-9(8-17(2)3)15-11-5-4-10-12(16-11)14-7-6-13-10/h4-7,9H,8H2,1-3H3,(H,14,15,16). The van der Waals surface area contributed by atoms with Gasteiger partial charge in [0.1, 0.15) is 11.3 Å². The molecule has 0 saturated carbocycles. The van der Waals surface area contributed by atoms with Crippen LogP contribution in [-0.2, 0) is 0 Å². The van der Waals surface area contributed by atoms with E-state index in [1.54, 1.807) is 12.4 Å². The van der Waals surface area contributed by atoms with Crippen LogP contribution in [0.3, 0.4) is 0 Å². The molecule has 5 nitrogen and oxygen atoms in total. The summed E-state index contributed by atoms with van der Waals surface area (Å²) in [4.78, 5) is 14.9. The first-order chi connectivity index (χ1) is 8.15. The summed E-state index contributed by atoms with van der Waals surface area (Å²) >= 11 is 0. The second-order valence-electron chi connectivity index (χ2n) is 4.40. The highest BCUT2D eigenvalue weighted by atomic mass is 15.1. The van der Waals surface area contributed by atoms with Crippen LogP contribution in [0.2, 0.25) is 0 Å². The molecule has 0 spiro atoms. The SMILES string of the molecule is CC(CN(C)C)Nc1ccc2nccnc2n1. The van der Waals surface area contributed by atoms with Gasteiger partial charge in [0, 0.05) is 25.0 Å². The molecule has 0 aliphatic heterocycles. The monoisotopic (exact) mass is 231 g/mol. The molecule has 2 aromatic heterocycles. The van der Waals surface area contributed by atoms with Crippen LogP contribution in [0.25, 0.3) is 11.2 Å². The van der Waals surface area contributed by atoms with E-state index in [-0.39, 0.29) is 0 Å². The van der Waals surface area contributed by atoms with Crippen molar-refractivity contribution in [2.45, 2.75) is 13.0 Å². The molecular formula is C12H17N5. The van der Waals surface area contributed by atoms with Crippen molar-refractivity contribution < 1.29 is 0 Å². The normalized spacial score (nSPS) is 12.9. The molecular weight excluding hydrogens is 214 g/mol. The molecule has 1 atom stereocenters. The molecule has 0 radical (unpaired) electrons. The summed E-state index contributed by atoms with van der Waals surface area (Å²) in [5.74, 6) is 0.840.